The smallest absolute Gasteiger partial charge is 0.408 e. The summed E-state index contributed by atoms with van der Waals surface area (Å²) in [6.07, 6.45) is 8.10. The van der Waals surface area contributed by atoms with E-state index in [1.807, 2.05) is 6.07 Å². The predicted molar refractivity (Wildman–Crippen MR) is 165 cm³/mol. The maximum absolute atomic E-state index is 13.6. The highest BCUT2D eigenvalue weighted by atomic mass is 16.5. The first-order chi connectivity index (χ1) is 19.3. The van der Waals surface area contributed by atoms with Crippen molar-refractivity contribution in [1.82, 2.24) is 5.32 Å². The Hall–Kier alpha value is -3.33. The molecule has 1 amide bonds. The highest BCUT2D eigenvalue weighted by Crippen LogP contribution is 2.45. The van der Waals surface area contributed by atoms with E-state index < -0.39 is 5.54 Å². The van der Waals surface area contributed by atoms with Crippen LogP contribution >= 0.6 is 0 Å². The van der Waals surface area contributed by atoms with E-state index in [1.54, 1.807) is 0 Å². The molecule has 0 radical (unpaired) electrons. The molecule has 3 heteroatoms. The maximum atomic E-state index is 13.6. The Bertz CT molecular complexity index is 1280. The van der Waals surface area contributed by atoms with Gasteiger partial charge in [-0.25, -0.2) is 4.79 Å². The number of carbonyl (C=O) groups excluding carboxylic acids is 1. The Morgan fingerprint density at radius 1 is 0.900 bits per heavy atom. The number of rotatable bonds is 8. The van der Waals surface area contributed by atoms with Crippen LogP contribution in [0.3, 0.4) is 0 Å². The van der Waals surface area contributed by atoms with E-state index in [2.05, 4.69) is 125 Å². The van der Waals surface area contributed by atoms with Gasteiger partial charge in [0.05, 0.1) is 5.54 Å². The standard InChI is InChI=1S/C37H45NO2/c1-25(2)30-20-19-27(5)23-28(30)21-22-37(26(3)4,29-13-7-6-8-14-29)38-36(39)40-24-35-33-17-11-9-15-31(33)32-16-10-12-18-34(32)35/h6-18,21-22,25-28,30,35H,19-20,23-24H2,1-5H3,(H,38,39)/b22-21+/t27-,28-,30+,37-/m1/s1. The number of hydrogen-bond acceptors (Lipinski definition) is 2. The van der Waals surface area contributed by atoms with Gasteiger partial charge in [0.1, 0.15) is 6.61 Å². The van der Waals surface area contributed by atoms with Crippen LogP contribution in [0.5, 0.6) is 0 Å². The van der Waals surface area contributed by atoms with Crippen LogP contribution in [0.15, 0.2) is 91.0 Å². The van der Waals surface area contributed by atoms with Crippen molar-refractivity contribution in [1.29, 1.82) is 0 Å². The highest BCUT2D eigenvalue weighted by molar-refractivity contribution is 5.79. The van der Waals surface area contributed by atoms with Crippen LogP contribution in [0, 0.1) is 29.6 Å². The van der Waals surface area contributed by atoms with Crippen LogP contribution < -0.4 is 5.32 Å². The van der Waals surface area contributed by atoms with E-state index in [0.717, 1.165) is 11.5 Å². The third kappa shape index (κ3) is 5.61. The average Bonchev–Trinajstić information content (AvgIpc) is 3.28. The normalized spacial score (nSPS) is 22.2. The number of nitrogens with one attached hydrogen (secondary N) is 1. The molecule has 0 heterocycles. The van der Waals surface area contributed by atoms with E-state index in [0.29, 0.717) is 24.4 Å². The zero-order chi connectivity index (χ0) is 28.3. The molecule has 0 saturated heterocycles. The van der Waals surface area contributed by atoms with Crippen molar-refractivity contribution in [2.75, 3.05) is 6.61 Å². The molecule has 0 unspecified atom stereocenters. The molecule has 0 spiro atoms. The fourth-order valence-electron chi connectivity index (χ4n) is 7.17. The molecule has 1 saturated carbocycles. The molecule has 1 fully saturated rings. The van der Waals surface area contributed by atoms with Gasteiger partial charge in [-0.1, -0.05) is 132 Å². The number of carbonyl (C=O) groups is 1. The lowest BCUT2D eigenvalue weighted by molar-refractivity contribution is 0.127. The molecule has 3 aromatic rings. The predicted octanol–water partition coefficient (Wildman–Crippen LogP) is 9.34. The second-order valence-electron chi connectivity index (χ2n) is 12.7. The minimum atomic E-state index is -0.661. The second kappa shape index (κ2) is 12.0. The minimum absolute atomic E-state index is 0.0365. The molecular weight excluding hydrogens is 490 g/mol. The van der Waals surface area contributed by atoms with Crippen LogP contribution in [0.1, 0.15) is 76.5 Å². The number of hydrogen-bond donors (Lipinski definition) is 1. The van der Waals surface area contributed by atoms with Crippen molar-refractivity contribution in [3.63, 3.8) is 0 Å². The van der Waals surface area contributed by atoms with Gasteiger partial charge in [0, 0.05) is 5.92 Å². The van der Waals surface area contributed by atoms with Crippen LogP contribution in [0.2, 0.25) is 0 Å². The first-order valence-corrected chi connectivity index (χ1v) is 15.2. The van der Waals surface area contributed by atoms with Crippen molar-refractivity contribution in [3.8, 4) is 11.1 Å². The lowest BCUT2D eigenvalue weighted by Crippen LogP contribution is -2.49. The third-order valence-corrected chi connectivity index (χ3v) is 9.49. The molecule has 4 atom stereocenters. The Kier molecular flexibility index (Phi) is 8.49. The molecule has 210 valence electrons. The van der Waals surface area contributed by atoms with Crippen LogP contribution in [-0.2, 0) is 10.3 Å². The number of amides is 1. The monoisotopic (exact) mass is 535 g/mol. The number of alkyl carbamates (subject to hydrolysis) is 1. The molecule has 5 rings (SSSR count). The molecule has 3 aromatic carbocycles. The van der Waals surface area contributed by atoms with Crippen molar-refractivity contribution >= 4 is 6.09 Å². The molecule has 1 N–H and O–H groups in total. The summed E-state index contributed by atoms with van der Waals surface area (Å²) in [7, 11) is 0. The molecular formula is C37H45NO2. The van der Waals surface area contributed by atoms with Crippen LogP contribution in [0.25, 0.3) is 11.1 Å². The largest absolute Gasteiger partial charge is 0.449 e. The van der Waals surface area contributed by atoms with Crippen LogP contribution in [-0.4, -0.2) is 12.7 Å². The molecule has 3 nitrogen and oxygen atoms in total. The quantitative estimate of drug-likeness (QED) is 0.292. The third-order valence-electron chi connectivity index (χ3n) is 9.49. The van der Waals surface area contributed by atoms with E-state index in [4.69, 9.17) is 4.74 Å². The summed E-state index contributed by atoms with van der Waals surface area (Å²) in [5.41, 5.74) is 5.34. The lowest BCUT2D eigenvalue weighted by atomic mass is 9.69. The van der Waals surface area contributed by atoms with Gasteiger partial charge in [-0.2, -0.15) is 0 Å². The van der Waals surface area contributed by atoms with Gasteiger partial charge in [0.25, 0.3) is 0 Å². The first kappa shape index (κ1) is 28.2. The summed E-state index contributed by atoms with van der Waals surface area (Å²) in [5.74, 6) is 2.71. The Labute approximate surface area is 241 Å². The van der Waals surface area contributed by atoms with Gasteiger partial charge in [0.15, 0.2) is 0 Å². The minimum Gasteiger partial charge on any atom is -0.449 e. The summed E-state index contributed by atoms with van der Waals surface area (Å²) in [4.78, 5) is 13.6. The van der Waals surface area contributed by atoms with Gasteiger partial charge in [0.2, 0.25) is 0 Å². The molecule has 0 aliphatic heterocycles. The lowest BCUT2D eigenvalue weighted by Gasteiger charge is -2.39. The van der Waals surface area contributed by atoms with Gasteiger partial charge >= 0.3 is 6.09 Å². The number of benzene rings is 3. The summed E-state index contributed by atoms with van der Waals surface area (Å²) in [6.45, 7) is 11.8. The Morgan fingerprint density at radius 2 is 1.50 bits per heavy atom. The summed E-state index contributed by atoms with van der Waals surface area (Å²) in [5, 5.41) is 3.37. The molecule has 0 aromatic heterocycles. The maximum Gasteiger partial charge on any atom is 0.408 e. The Morgan fingerprint density at radius 3 is 2.10 bits per heavy atom. The van der Waals surface area contributed by atoms with Crippen molar-refractivity contribution in [2.45, 2.75) is 65.3 Å². The van der Waals surface area contributed by atoms with Gasteiger partial charge in [-0.15, -0.1) is 0 Å². The van der Waals surface area contributed by atoms with Crippen molar-refractivity contribution in [2.24, 2.45) is 29.6 Å². The molecule has 2 aliphatic rings. The molecule has 0 bridgehead atoms. The topological polar surface area (TPSA) is 38.3 Å². The van der Waals surface area contributed by atoms with E-state index in [9.17, 15) is 4.79 Å². The van der Waals surface area contributed by atoms with Crippen molar-refractivity contribution in [3.05, 3.63) is 108 Å². The number of ether oxygens (including phenoxy) is 1. The summed E-state index contributed by atoms with van der Waals surface area (Å²) >= 11 is 0. The zero-order valence-corrected chi connectivity index (χ0v) is 24.8. The van der Waals surface area contributed by atoms with E-state index >= 15 is 0 Å². The van der Waals surface area contributed by atoms with Gasteiger partial charge in [-0.3, -0.25) is 0 Å². The van der Waals surface area contributed by atoms with E-state index in [-0.39, 0.29) is 17.9 Å². The first-order valence-electron chi connectivity index (χ1n) is 15.2. The highest BCUT2D eigenvalue weighted by Gasteiger charge is 2.38. The van der Waals surface area contributed by atoms with Crippen LogP contribution in [0.4, 0.5) is 4.79 Å². The fraction of sp³-hybridized carbons (Fsp3) is 0.432. The second-order valence-corrected chi connectivity index (χ2v) is 12.7. The Balaban J connectivity index is 1.40. The van der Waals surface area contributed by atoms with E-state index in [1.165, 1.54) is 41.5 Å². The summed E-state index contributed by atoms with van der Waals surface area (Å²) < 4.78 is 6.05. The molecule has 2 aliphatic carbocycles. The van der Waals surface area contributed by atoms with Gasteiger partial charge < -0.3 is 10.1 Å². The summed E-state index contributed by atoms with van der Waals surface area (Å²) in [6, 6.07) is 27.3. The molecule has 40 heavy (non-hydrogen) atoms. The number of allylic oxidation sites excluding steroid dienone is 1. The average molecular weight is 536 g/mol. The fourth-order valence-corrected chi connectivity index (χ4v) is 7.17. The van der Waals surface area contributed by atoms with Gasteiger partial charge in [-0.05, 0) is 70.2 Å². The SMILES string of the molecule is CC(C)[C@@H]1CC[C@@H](C)C[C@H]1/C=C/[C@](NC(=O)OCC1c2ccccc2-c2ccccc21)(c1ccccc1)C(C)C. The van der Waals surface area contributed by atoms with Crippen molar-refractivity contribution < 1.29 is 9.53 Å². The number of fused-ring (bicyclic) bond motifs is 3. The zero-order valence-electron chi connectivity index (χ0n) is 24.8.